The van der Waals surface area contributed by atoms with Crippen LogP contribution in [0, 0.1) is 13.8 Å². The minimum Gasteiger partial charge on any atom is -0.493 e. The second-order valence-corrected chi connectivity index (χ2v) is 6.08. The first kappa shape index (κ1) is 18.1. The van der Waals surface area contributed by atoms with E-state index in [9.17, 15) is 0 Å². The Kier molecular flexibility index (Phi) is 6.49. The monoisotopic (exact) mass is 393 g/mol. The maximum Gasteiger partial charge on any atom is 0.175 e. The predicted octanol–water partition coefficient (Wildman–Crippen LogP) is 4.34. The summed E-state index contributed by atoms with van der Waals surface area (Å²) in [6, 6.07) is 9.50. The number of rotatable bonds is 7. The van der Waals surface area contributed by atoms with Crippen LogP contribution in [0.4, 0.5) is 0 Å². The highest BCUT2D eigenvalue weighted by molar-refractivity contribution is 9.10. The molecule has 0 aliphatic heterocycles. The largest absolute Gasteiger partial charge is 0.493 e. The number of methoxy groups -OCH3 is 1. The Labute approximate surface area is 150 Å². The summed E-state index contributed by atoms with van der Waals surface area (Å²) in [6.45, 7) is 4.91. The van der Waals surface area contributed by atoms with Gasteiger partial charge in [0, 0.05) is 5.56 Å². The van der Waals surface area contributed by atoms with Gasteiger partial charge in [-0.3, -0.25) is 0 Å². The normalized spacial score (nSPS) is 10.8. The second kappa shape index (κ2) is 8.59. The molecular formula is C18H20BrNO4. The number of hydrogen-bond acceptors (Lipinski definition) is 5. The van der Waals surface area contributed by atoms with Crippen molar-refractivity contribution in [2.24, 2.45) is 5.16 Å². The number of benzene rings is 2. The molecule has 0 aliphatic rings. The maximum absolute atomic E-state index is 8.63. The summed E-state index contributed by atoms with van der Waals surface area (Å²) >= 11 is 3.43. The fraction of sp³-hybridized carbons (Fsp3) is 0.278. The topological polar surface area (TPSA) is 60.3 Å². The van der Waals surface area contributed by atoms with E-state index in [0.29, 0.717) is 34.7 Å². The summed E-state index contributed by atoms with van der Waals surface area (Å²) in [5.74, 6) is 1.95. The number of aryl methyl sites for hydroxylation is 2. The molecule has 1 N–H and O–H groups in total. The van der Waals surface area contributed by atoms with E-state index in [2.05, 4.69) is 34.9 Å². The van der Waals surface area contributed by atoms with Crippen molar-refractivity contribution in [1.29, 1.82) is 0 Å². The average Bonchev–Trinajstić information content (AvgIpc) is 2.56. The SMILES string of the molecule is COc1cc(C=NO)cc(Br)c1OCCOc1ccc(C)c(C)c1. The van der Waals surface area contributed by atoms with Gasteiger partial charge in [0.05, 0.1) is 17.8 Å². The lowest BCUT2D eigenvalue weighted by atomic mass is 10.1. The molecule has 0 unspecified atom stereocenters. The molecule has 2 aromatic carbocycles. The Hall–Kier alpha value is -2.21. The standard InChI is InChI=1S/C18H20BrNO4/c1-12-4-5-15(8-13(12)2)23-6-7-24-18-16(19)9-14(11-20-21)10-17(18)22-3/h4-5,8-11,21H,6-7H2,1-3H3. The van der Waals surface area contributed by atoms with E-state index < -0.39 is 0 Å². The Morgan fingerprint density at radius 2 is 1.83 bits per heavy atom. The van der Waals surface area contributed by atoms with E-state index in [0.717, 1.165) is 5.75 Å². The fourth-order valence-corrected chi connectivity index (χ4v) is 2.70. The highest BCUT2D eigenvalue weighted by atomic mass is 79.9. The van der Waals surface area contributed by atoms with E-state index in [-0.39, 0.29) is 0 Å². The van der Waals surface area contributed by atoms with Crippen LogP contribution in [0.3, 0.4) is 0 Å². The van der Waals surface area contributed by atoms with Crippen LogP contribution in [-0.4, -0.2) is 31.7 Å². The maximum atomic E-state index is 8.63. The first-order valence-corrected chi connectivity index (χ1v) is 8.22. The Bertz CT molecular complexity index is 731. The van der Waals surface area contributed by atoms with Crippen LogP contribution in [0.2, 0.25) is 0 Å². The number of halogens is 1. The van der Waals surface area contributed by atoms with Gasteiger partial charge in [-0.2, -0.15) is 0 Å². The molecule has 2 rings (SSSR count). The molecule has 2 aromatic rings. The fourth-order valence-electron chi connectivity index (χ4n) is 2.13. The van der Waals surface area contributed by atoms with Crippen molar-refractivity contribution < 1.29 is 19.4 Å². The van der Waals surface area contributed by atoms with Gasteiger partial charge < -0.3 is 19.4 Å². The van der Waals surface area contributed by atoms with Crippen molar-refractivity contribution in [2.45, 2.75) is 13.8 Å². The summed E-state index contributed by atoms with van der Waals surface area (Å²) in [5.41, 5.74) is 3.12. The van der Waals surface area contributed by atoms with Crippen molar-refractivity contribution in [3.05, 3.63) is 51.5 Å². The van der Waals surface area contributed by atoms with E-state index in [1.54, 1.807) is 19.2 Å². The van der Waals surface area contributed by atoms with E-state index in [4.69, 9.17) is 19.4 Å². The van der Waals surface area contributed by atoms with Crippen LogP contribution in [0.25, 0.3) is 0 Å². The molecule has 24 heavy (non-hydrogen) atoms. The minimum atomic E-state index is 0.370. The summed E-state index contributed by atoms with van der Waals surface area (Å²) in [4.78, 5) is 0. The number of hydrogen-bond donors (Lipinski definition) is 1. The van der Waals surface area contributed by atoms with Gasteiger partial charge in [-0.25, -0.2) is 0 Å². The Morgan fingerprint density at radius 1 is 1.08 bits per heavy atom. The third kappa shape index (κ3) is 4.64. The molecule has 0 aliphatic carbocycles. The van der Waals surface area contributed by atoms with E-state index in [1.165, 1.54) is 17.3 Å². The number of ether oxygens (including phenoxy) is 3. The first-order chi connectivity index (χ1) is 11.5. The average molecular weight is 394 g/mol. The van der Waals surface area contributed by atoms with Crippen molar-refractivity contribution in [3.63, 3.8) is 0 Å². The summed E-state index contributed by atoms with van der Waals surface area (Å²) < 4.78 is 17.5. The van der Waals surface area contributed by atoms with E-state index in [1.807, 2.05) is 18.2 Å². The molecule has 0 heterocycles. The quantitative estimate of drug-likeness (QED) is 0.329. The van der Waals surface area contributed by atoms with Crippen LogP contribution in [0.15, 0.2) is 40.0 Å². The van der Waals surface area contributed by atoms with E-state index >= 15 is 0 Å². The van der Waals surface area contributed by atoms with Gasteiger partial charge in [0.1, 0.15) is 19.0 Å². The Morgan fingerprint density at radius 3 is 2.50 bits per heavy atom. The highest BCUT2D eigenvalue weighted by Gasteiger charge is 2.11. The minimum absolute atomic E-state index is 0.370. The molecule has 0 saturated heterocycles. The zero-order chi connectivity index (χ0) is 17.5. The smallest absolute Gasteiger partial charge is 0.175 e. The zero-order valence-electron chi connectivity index (χ0n) is 13.9. The lowest BCUT2D eigenvalue weighted by Crippen LogP contribution is -2.10. The third-order valence-electron chi connectivity index (χ3n) is 3.54. The highest BCUT2D eigenvalue weighted by Crippen LogP contribution is 2.36. The van der Waals surface area contributed by atoms with Gasteiger partial charge in [-0.1, -0.05) is 11.2 Å². The van der Waals surface area contributed by atoms with Crippen LogP contribution in [0.5, 0.6) is 17.2 Å². The van der Waals surface area contributed by atoms with Gasteiger partial charge in [-0.15, -0.1) is 0 Å². The van der Waals surface area contributed by atoms with Gasteiger partial charge in [0.25, 0.3) is 0 Å². The molecule has 5 nitrogen and oxygen atoms in total. The third-order valence-corrected chi connectivity index (χ3v) is 4.12. The molecule has 0 spiro atoms. The lowest BCUT2D eigenvalue weighted by Gasteiger charge is -2.14. The molecule has 0 amide bonds. The molecule has 128 valence electrons. The predicted molar refractivity (Wildman–Crippen MR) is 97.0 cm³/mol. The van der Waals surface area contributed by atoms with Gasteiger partial charge in [0.15, 0.2) is 11.5 Å². The van der Waals surface area contributed by atoms with Crippen LogP contribution in [0.1, 0.15) is 16.7 Å². The van der Waals surface area contributed by atoms with Crippen molar-refractivity contribution in [3.8, 4) is 17.2 Å². The summed E-state index contributed by atoms with van der Waals surface area (Å²) in [7, 11) is 1.56. The van der Waals surface area contributed by atoms with Crippen molar-refractivity contribution in [1.82, 2.24) is 0 Å². The van der Waals surface area contributed by atoms with Crippen LogP contribution >= 0.6 is 15.9 Å². The Balaban J connectivity index is 1.97. The molecule has 0 fully saturated rings. The molecule has 6 heteroatoms. The van der Waals surface area contributed by atoms with Gasteiger partial charge in [0.2, 0.25) is 0 Å². The van der Waals surface area contributed by atoms with Gasteiger partial charge >= 0.3 is 0 Å². The molecular weight excluding hydrogens is 374 g/mol. The summed E-state index contributed by atoms with van der Waals surface area (Å²) in [5, 5.41) is 11.6. The molecule has 0 aromatic heterocycles. The first-order valence-electron chi connectivity index (χ1n) is 7.43. The number of oxime groups is 1. The van der Waals surface area contributed by atoms with Crippen molar-refractivity contribution >= 4 is 22.1 Å². The second-order valence-electron chi connectivity index (χ2n) is 5.22. The van der Waals surface area contributed by atoms with Gasteiger partial charge in [-0.05, 0) is 65.2 Å². The molecule has 0 saturated carbocycles. The lowest BCUT2D eigenvalue weighted by molar-refractivity contribution is 0.210. The summed E-state index contributed by atoms with van der Waals surface area (Å²) in [6.07, 6.45) is 1.32. The molecule has 0 bridgehead atoms. The van der Waals surface area contributed by atoms with Crippen LogP contribution in [-0.2, 0) is 0 Å². The zero-order valence-corrected chi connectivity index (χ0v) is 15.5. The molecule has 0 radical (unpaired) electrons. The van der Waals surface area contributed by atoms with Crippen LogP contribution < -0.4 is 14.2 Å². The molecule has 0 atom stereocenters. The van der Waals surface area contributed by atoms with Crippen molar-refractivity contribution in [2.75, 3.05) is 20.3 Å². The number of nitrogens with zero attached hydrogens (tertiary/aromatic N) is 1.